The minimum atomic E-state index is -0.0502. The minimum Gasteiger partial charge on any atom is -0.396 e. The first-order valence-corrected chi connectivity index (χ1v) is 6.94. The van der Waals surface area contributed by atoms with E-state index in [1.807, 2.05) is 30.3 Å². The number of pyridine rings is 1. The SMILES string of the molecule is CN(CCCCCO)C(=O)c1nccc2ccccc12. The number of nitrogens with zero attached hydrogens (tertiary/aromatic N) is 2. The van der Waals surface area contributed by atoms with Crippen LogP contribution >= 0.6 is 0 Å². The van der Waals surface area contributed by atoms with Gasteiger partial charge in [-0.15, -0.1) is 0 Å². The third-order valence-electron chi connectivity index (χ3n) is 3.37. The fourth-order valence-electron chi connectivity index (χ4n) is 2.21. The summed E-state index contributed by atoms with van der Waals surface area (Å²) in [4.78, 5) is 18.4. The number of fused-ring (bicyclic) bond motifs is 1. The predicted molar refractivity (Wildman–Crippen MR) is 79.6 cm³/mol. The molecule has 2 aromatic rings. The number of unbranched alkanes of at least 4 members (excludes halogenated alkanes) is 2. The van der Waals surface area contributed by atoms with Crippen LogP contribution in [0.4, 0.5) is 0 Å². The summed E-state index contributed by atoms with van der Waals surface area (Å²) in [5.41, 5.74) is 0.507. The van der Waals surface area contributed by atoms with Gasteiger partial charge >= 0.3 is 0 Å². The van der Waals surface area contributed by atoms with Crippen molar-refractivity contribution in [1.29, 1.82) is 0 Å². The van der Waals surface area contributed by atoms with Gasteiger partial charge < -0.3 is 10.0 Å². The Kier molecular flexibility index (Phi) is 5.07. The van der Waals surface area contributed by atoms with E-state index in [0.717, 1.165) is 30.0 Å². The lowest BCUT2D eigenvalue weighted by molar-refractivity contribution is 0.0788. The van der Waals surface area contributed by atoms with Gasteiger partial charge in [0.05, 0.1) is 0 Å². The van der Waals surface area contributed by atoms with Crippen LogP contribution in [0, 0.1) is 0 Å². The van der Waals surface area contributed by atoms with E-state index in [2.05, 4.69) is 4.98 Å². The lowest BCUT2D eigenvalue weighted by Crippen LogP contribution is -2.28. The van der Waals surface area contributed by atoms with Gasteiger partial charge in [-0.25, -0.2) is 0 Å². The van der Waals surface area contributed by atoms with Crippen molar-refractivity contribution in [1.82, 2.24) is 9.88 Å². The molecule has 1 amide bonds. The first-order chi connectivity index (χ1) is 9.74. The largest absolute Gasteiger partial charge is 0.396 e. The predicted octanol–water partition coefficient (Wildman–Crippen LogP) is 2.47. The highest BCUT2D eigenvalue weighted by molar-refractivity contribution is 6.04. The number of aliphatic hydroxyl groups is 1. The Labute approximate surface area is 119 Å². The summed E-state index contributed by atoms with van der Waals surface area (Å²) >= 11 is 0. The number of amides is 1. The van der Waals surface area contributed by atoms with Crippen LogP contribution in [0.15, 0.2) is 36.5 Å². The molecule has 1 heterocycles. The normalized spacial score (nSPS) is 10.7. The fraction of sp³-hybridized carbons (Fsp3) is 0.375. The van der Waals surface area contributed by atoms with Gasteiger partial charge in [0.2, 0.25) is 0 Å². The van der Waals surface area contributed by atoms with Crippen molar-refractivity contribution in [2.24, 2.45) is 0 Å². The monoisotopic (exact) mass is 272 g/mol. The number of aromatic nitrogens is 1. The summed E-state index contributed by atoms with van der Waals surface area (Å²) in [7, 11) is 1.80. The van der Waals surface area contributed by atoms with E-state index in [9.17, 15) is 4.79 Å². The summed E-state index contributed by atoms with van der Waals surface area (Å²) in [6.45, 7) is 0.895. The van der Waals surface area contributed by atoms with Crippen molar-refractivity contribution in [3.05, 3.63) is 42.2 Å². The Bertz CT molecular complexity index is 578. The molecule has 0 aliphatic heterocycles. The number of rotatable bonds is 6. The van der Waals surface area contributed by atoms with Crippen molar-refractivity contribution >= 4 is 16.7 Å². The van der Waals surface area contributed by atoms with Gasteiger partial charge in [0.1, 0.15) is 5.69 Å². The quantitative estimate of drug-likeness (QED) is 0.822. The molecule has 0 saturated carbocycles. The molecule has 0 bridgehead atoms. The molecule has 2 rings (SSSR count). The molecule has 0 radical (unpaired) electrons. The number of benzene rings is 1. The molecule has 4 heteroatoms. The maximum atomic E-state index is 12.4. The van der Waals surface area contributed by atoms with E-state index in [0.29, 0.717) is 12.2 Å². The van der Waals surface area contributed by atoms with Crippen LogP contribution in [0.2, 0.25) is 0 Å². The van der Waals surface area contributed by atoms with Gasteiger partial charge in [-0.1, -0.05) is 24.3 Å². The van der Waals surface area contributed by atoms with Crippen molar-refractivity contribution in [2.75, 3.05) is 20.2 Å². The summed E-state index contributed by atoms with van der Waals surface area (Å²) in [6.07, 6.45) is 4.29. The van der Waals surface area contributed by atoms with E-state index in [1.165, 1.54) is 0 Å². The lowest BCUT2D eigenvalue weighted by atomic mass is 10.1. The number of carbonyl (C=O) groups excluding carboxylic acids is 1. The Hall–Kier alpha value is -1.94. The third-order valence-corrected chi connectivity index (χ3v) is 3.37. The Balaban J connectivity index is 2.10. The molecular formula is C16H20N2O2. The highest BCUT2D eigenvalue weighted by Crippen LogP contribution is 2.17. The van der Waals surface area contributed by atoms with Gasteiger partial charge in [-0.3, -0.25) is 9.78 Å². The van der Waals surface area contributed by atoms with E-state index in [4.69, 9.17) is 5.11 Å². The summed E-state index contributed by atoms with van der Waals surface area (Å²) in [5, 5.41) is 10.7. The molecule has 0 fully saturated rings. The lowest BCUT2D eigenvalue weighted by Gasteiger charge is -2.17. The highest BCUT2D eigenvalue weighted by atomic mass is 16.2. The fourth-order valence-corrected chi connectivity index (χ4v) is 2.21. The molecule has 20 heavy (non-hydrogen) atoms. The van der Waals surface area contributed by atoms with Gasteiger partial charge in [-0.05, 0) is 30.7 Å². The van der Waals surface area contributed by atoms with Crippen molar-refractivity contribution < 1.29 is 9.90 Å². The first kappa shape index (κ1) is 14.5. The zero-order valence-corrected chi connectivity index (χ0v) is 11.7. The second kappa shape index (κ2) is 7.01. The van der Waals surface area contributed by atoms with Crippen molar-refractivity contribution in [3.63, 3.8) is 0 Å². The van der Waals surface area contributed by atoms with Crippen LogP contribution in [0.5, 0.6) is 0 Å². The highest BCUT2D eigenvalue weighted by Gasteiger charge is 2.15. The number of hydrogen-bond donors (Lipinski definition) is 1. The molecule has 1 aromatic heterocycles. The number of carbonyl (C=O) groups is 1. The van der Waals surface area contributed by atoms with Gasteiger partial charge in [0, 0.05) is 31.8 Å². The number of hydrogen-bond acceptors (Lipinski definition) is 3. The van der Waals surface area contributed by atoms with Gasteiger partial charge in [-0.2, -0.15) is 0 Å². The second-order valence-electron chi connectivity index (χ2n) is 4.89. The molecule has 1 aromatic carbocycles. The van der Waals surface area contributed by atoms with Crippen LogP contribution in [0.3, 0.4) is 0 Å². The summed E-state index contributed by atoms with van der Waals surface area (Å²) < 4.78 is 0. The topological polar surface area (TPSA) is 53.4 Å². The molecule has 106 valence electrons. The van der Waals surface area contributed by atoms with E-state index in [1.54, 1.807) is 18.1 Å². The molecule has 4 nitrogen and oxygen atoms in total. The standard InChI is InChI=1S/C16H20N2O2/c1-18(11-5-2-6-12-19)16(20)15-14-8-4-3-7-13(14)9-10-17-15/h3-4,7-10,19H,2,5-6,11-12H2,1H3. The average Bonchev–Trinajstić information content (AvgIpc) is 2.50. The first-order valence-electron chi connectivity index (χ1n) is 6.94. The van der Waals surface area contributed by atoms with E-state index < -0.39 is 0 Å². The van der Waals surface area contributed by atoms with Gasteiger partial charge in [0.25, 0.3) is 5.91 Å². The molecule has 0 atom stereocenters. The zero-order valence-electron chi connectivity index (χ0n) is 11.7. The van der Waals surface area contributed by atoms with E-state index >= 15 is 0 Å². The Morgan fingerprint density at radius 1 is 1.20 bits per heavy atom. The maximum absolute atomic E-state index is 12.4. The van der Waals surface area contributed by atoms with E-state index in [-0.39, 0.29) is 12.5 Å². The zero-order chi connectivity index (χ0) is 14.4. The van der Waals surface area contributed by atoms with Crippen LogP contribution in [-0.4, -0.2) is 41.1 Å². The summed E-state index contributed by atoms with van der Waals surface area (Å²) in [6, 6.07) is 9.69. The van der Waals surface area contributed by atoms with Crippen LogP contribution in [0.1, 0.15) is 29.8 Å². The number of aliphatic hydroxyl groups excluding tert-OH is 1. The van der Waals surface area contributed by atoms with Crippen molar-refractivity contribution in [3.8, 4) is 0 Å². The molecule has 0 saturated heterocycles. The van der Waals surface area contributed by atoms with Crippen LogP contribution in [0.25, 0.3) is 10.8 Å². The maximum Gasteiger partial charge on any atom is 0.272 e. The molecule has 0 aliphatic rings. The minimum absolute atomic E-state index is 0.0502. The molecule has 0 unspecified atom stereocenters. The van der Waals surface area contributed by atoms with Crippen molar-refractivity contribution in [2.45, 2.75) is 19.3 Å². The molecule has 1 N–H and O–H groups in total. The van der Waals surface area contributed by atoms with Crippen LogP contribution < -0.4 is 0 Å². The summed E-state index contributed by atoms with van der Waals surface area (Å²) in [5.74, 6) is -0.0502. The van der Waals surface area contributed by atoms with Crippen LogP contribution in [-0.2, 0) is 0 Å². The third kappa shape index (κ3) is 3.33. The Morgan fingerprint density at radius 3 is 2.80 bits per heavy atom. The molecule has 0 spiro atoms. The second-order valence-corrected chi connectivity index (χ2v) is 4.89. The molecular weight excluding hydrogens is 252 g/mol. The average molecular weight is 272 g/mol. The molecule has 0 aliphatic carbocycles. The Morgan fingerprint density at radius 2 is 2.00 bits per heavy atom. The van der Waals surface area contributed by atoms with Gasteiger partial charge in [0.15, 0.2) is 0 Å². The smallest absolute Gasteiger partial charge is 0.272 e.